The number of amides is 2. The van der Waals surface area contributed by atoms with Crippen molar-refractivity contribution in [2.24, 2.45) is 0 Å². The Morgan fingerprint density at radius 3 is 2.77 bits per heavy atom. The fourth-order valence-corrected chi connectivity index (χ4v) is 4.64. The molecule has 0 atom stereocenters. The third-order valence-corrected chi connectivity index (χ3v) is 6.27. The fraction of sp³-hybridized carbons (Fsp3) is 0.0435. The van der Waals surface area contributed by atoms with Crippen LogP contribution in [0.15, 0.2) is 57.8 Å². The molecule has 1 aromatic carbocycles. The number of thiophene rings is 1. The number of aromatic nitrogens is 3. The number of halogens is 3. The van der Waals surface area contributed by atoms with Crippen LogP contribution in [-0.2, 0) is 0 Å². The number of terminal acetylenes is 1. The Morgan fingerprint density at radius 2 is 2.06 bits per heavy atom. The van der Waals surface area contributed by atoms with Crippen molar-refractivity contribution in [3.8, 4) is 29.8 Å². The number of carbonyl (C=O) groups is 2. The second kappa shape index (κ2) is 10.9. The van der Waals surface area contributed by atoms with Gasteiger partial charge in [0.25, 0.3) is 11.8 Å². The van der Waals surface area contributed by atoms with Crippen LogP contribution in [0.1, 0.15) is 20.8 Å². The number of carbonyl (C=O) groups excluding carboxylic acids is 2. The molecular weight excluding hydrogens is 577 g/mol. The van der Waals surface area contributed by atoms with Gasteiger partial charge in [0, 0.05) is 27.1 Å². The van der Waals surface area contributed by atoms with E-state index in [0.717, 1.165) is 0 Å². The van der Waals surface area contributed by atoms with Crippen molar-refractivity contribution in [3.05, 3.63) is 79.1 Å². The number of anilines is 1. The molecule has 176 valence electrons. The summed E-state index contributed by atoms with van der Waals surface area (Å²) in [6.45, 7) is 0.00454. The van der Waals surface area contributed by atoms with Crippen molar-refractivity contribution in [2.75, 3.05) is 11.9 Å². The van der Waals surface area contributed by atoms with Crippen molar-refractivity contribution < 1.29 is 14.3 Å². The maximum atomic E-state index is 13.4. The zero-order chi connectivity index (χ0) is 24.9. The molecule has 3 heterocycles. The quantitative estimate of drug-likeness (QED) is 0.265. The molecule has 12 heteroatoms. The van der Waals surface area contributed by atoms with Crippen molar-refractivity contribution >= 4 is 68.0 Å². The summed E-state index contributed by atoms with van der Waals surface area (Å²) in [5.41, 5.74) is 0.367. The molecule has 0 aliphatic carbocycles. The molecule has 0 radical (unpaired) electrons. The molecule has 0 saturated heterocycles. The maximum Gasteiger partial charge on any atom is 0.274 e. The molecular formula is C23H14BrCl2N5O3S. The molecule has 0 saturated carbocycles. The van der Waals surface area contributed by atoms with Gasteiger partial charge in [0.15, 0.2) is 5.82 Å². The standard InChI is InChI=1S/C23H14BrCl2N5O3S/c1-2-6-28-22(32)15-9-13(25)10-16(24)20(15)29-23(33)18-11-19(34-14-5-8-35-12-14)30-31(18)21-17(26)4-3-7-27-21/h1,3-5,7-12H,6H2,(H,28,32)(H,29,33). The van der Waals surface area contributed by atoms with Crippen LogP contribution < -0.4 is 15.4 Å². The van der Waals surface area contributed by atoms with Gasteiger partial charge in [-0.25, -0.2) is 9.67 Å². The first kappa shape index (κ1) is 24.8. The minimum absolute atomic E-state index is 0.00454. The van der Waals surface area contributed by atoms with Crippen LogP contribution in [-0.4, -0.2) is 33.1 Å². The lowest BCUT2D eigenvalue weighted by molar-refractivity contribution is 0.0959. The molecule has 3 aromatic heterocycles. The van der Waals surface area contributed by atoms with Gasteiger partial charge in [-0.2, -0.15) is 0 Å². The van der Waals surface area contributed by atoms with Gasteiger partial charge >= 0.3 is 0 Å². The zero-order valence-electron chi connectivity index (χ0n) is 17.6. The number of nitrogens with one attached hydrogen (secondary N) is 2. The Hall–Kier alpha value is -3.36. The summed E-state index contributed by atoms with van der Waals surface area (Å²) in [6.07, 6.45) is 6.76. The monoisotopic (exact) mass is 589 g/mol. The van der Waals surface area contributed by atoms with Crippen LogP contribution in [0.3, 0.4) is 0 Å². The van der Waals surface area contributed by atoms with E-state index in [2.05, 4.69) is 42.6 Å². The minimum atomic E-state index is -0.603. The summed E-state index contributed by atoms with van der Waals surface area (Å²) in [6, 6.07) is 9.46. The predicted octanol–water partition coefficient (Wildman–Crippen LogP) is 5.81. The van der Waals surface area contributed by atoms with Gasteiger partial charge in [-0.05, 0) is 51.6 Å². The van der Waals surface area contributed by atoms with E-state index in [1.54, 1.807) is 29.6 Å². The van der Waals surface area contributed by atoms with Crippen molar-refractivity contribution in [3.63, 3.8) is 0 Å². The zero-order valence-corrected chi connectivity index (χ0v) is 21.5. The lowest BCUT2D eigenvalue weighted by Gasteiger charge is -2.14. The molecule has 4 aromatic rings. The highest BCUT2D eigenvalue weighted by molar-refractivity contribution is 9.10. The lowest BCUT2D eigenvalue weighted by Crippen LogP contribution is -2.26. The Bertz CT molecular complexity index is 1450. The van der Waals surface area contributed by atoms with E-state index in [-0.39, 0.29) is 45.2 Å². The molecule has 0 aliphatic heterocycles. The summed E-state index contributed by atoms with van der Waals surface area (Å²) in [7, 11) is 0. The van der Waals surface area contributed by atoms with Gasteiger partial charge in [0.05, 0.1) is 22.8 Å². The van der Waals surface area contributed by atoms with Crippen LogP contribution >= 0.6 is 50.5 Å². The van der Waals surface area contributed by atoms with Gasteiger partial charge in [-0.15, -0.1) is 22.9 Å². The van der Waals surface area contributed by atoms with E-state index in [1.165, 1.54) is 34.3 Å². The van der Waals surface area contributed by atoms with Crippen LogP contribution in [0.2, 0.25) is 10.0 Å². The molecule has 0 bridgehead atoms. The lowest BCUT2D eigenvalue weighted by atomic mass is 10.1. The number of benzene rings is 1. The number of hydrogen-bond donors (Lipinski definition) is 2. The summed E-state index contributed by atoms with van der Waals surface area (Å²) >= 11 is 17.3. The molecule has 2 amide bonds. The smallest absolute Gasteiger partial charge is 0.274 e. The van der Waals surface area contributed by atoms with Gasteiger partial charge in [-0.3, -0.25) is 9.59 Å². The van der Waals surface area contributed by atoms with Crippen LogP contribution in [0.4, 0.5) is 5.69 Å². The SMILES string of the molecule is C#CCNC(=O)c1cc(Cl)cc(Br)c1NC(=O)c1cc(Oc2ccsc2)nn1-c1ncccc1Cl. The highest BCUT2D eigenvalue weighted by Gasteiger charge is 2.24. The van der Waals surface area contributed by atoms with E-state index < -0.39 is 11.8 Å². The summed E-state index contributed by atoms with van der Waals surface area (Å²) in [4.78, 5) is 30.4. The number of nitrogens with zero attached hydrogens (tertiary/aromatic N) is 3. The highest BCUT2D eigenvalue weighted by Crippen LogP contribution is 2.32. The first-order valence-corrected chi connectivity index (χ1v) is 12.3. The molecule has 8 nitrogen and oxygen atoms in total. The van der Waals surface area contributed by atoms with Gasteiger partial charge < -0.3 is 15.4 Å². The topological polar surface area (TPSA) is 98.1 Å². The summed E-state index contributed by atoms with van der Waals surface area (Å²) < 4.78 is 7.42. The van der Waals surface area contributed by atoms with E-state index in [1.807, 2.05) is 5.38 Å². The molecule has 0 fully saturated rings. The first-order chi connectivity index (χ1) is 16.9. The molecule has 0 spiro atoms. The number of pyridine rings is 1. The largest absolute Gasteiger partial charge is 0.437 e. The third kappa shape index (κ3) is 5.66. The molecule has 0 unspecified atom stereocenters. The third-order valence-electron chi connectivity index (χ3n) is 4.47. The Labute approximate surface area is 222 Å². The molecule has 2 N–H and O–H groups in total. The Morgan fingerprint density at radius 1 is 1.23 bits per heavy atom. The van der Waals surface area contributed by atoms with Crippen LogP contribution in [0.5, 0.6) is 11.6 Å². The highest BCUT2D eigenvalue weighted by atomic mass is 79.9. The normalized spacial score (nSPS) is 10.5. The van der Waals surface area contributed by atoms with E-state index >= 15 is 0 Å². The average molecular weight is 591 g/mol. The Kier molecular flexibility index (Phi) is 7.73. The fourth-order valence-electron chi connectivity index (χ4n) is 2.98. The van der Waals surface area contributed by atoms with Crippen molar-refractivity contribution in [1.82, 2.24) is 20.1 Å². The van der Waals surface area contributed by atoms with Crippen LogP contribution in [0, 0.1) is 12.3 Å². The second-order valence-electron chi connectivity index (χ2n) is 6.80. The Balaban J connectivity index is 1.74. The van der Waals surface area contributed by atoms with E-state index in [9.17, 15) is 9.59 Å². The van der Waals surface area contributed by atoms with E-state index in [0.29, 0.717) is 10.2 Å². The molecule has 35 heavy (non-hydrogen) atoms. The van der Waals surface area contributed by atoms with Crippen molar-refractivity contribution in [2.45, 2.75) is 0 Å². The first-order valence-electron chi connectivity index (χ1n) is 9.80. The van der Waals surface area contributed by atoms with Crippen molar-refractivity contribution in [1.29, 1.82) is 0 Å². The summed E-state index contributed by atoms with van der Waals surface area (Å²) in [5.74, 6) is 2.15. The molecule has 0 aliphatic rings. The number of ether oxygens (including phenoxy) is 1. The van der Waals surface area contributed by atoms with E-state index in [4.69, 9.17) is 34.4 Å². The second-order valence-corrected chi connectivity index (χ2v) is 9.28. The van der Waals surface area contributed by atoms with Gasteiger partial charge in [0.1, 0.15) is 11.4 Å². The number of rotatable bonds is 7. The summed E-state index contributed by atoms with van der Waals surface area (Å²) in [5, 5.41) is 13.9. The minimum Gasteiger partial charge on any atom is -0.437 e. The average Bonchev–Trinajstić information content (AvgIpc) is 3.49. The van der Waals surface area contributed by atoms with Gasteiger partial charge in [-0.1, -0.05) is 29.1 Å². The van der Waals surface area contributed by atoms with Crippen LogP contribution in [0.25, 0.3) is 5.82 Å². The number of hydrogen-bond acceptors (Lipinski definition) is 6. The van der Waals surface area contributed by atoms with Gasteiger partial charge in [0.2, 0.25) is 5.88 Å². The predicted molar refractivity (Wildman–Crippen MR) is 139 cm³/mol. The molecule has 4 rings (SSSR count). The maximum absolute atomic E-state index is 13.4.